The summed E-state index contributed by atoms with van der Waals surface area (Å²) in [4.78, 5) is 0. The number of hydrogen-bond donors (Lipinski definition) is 0. The number of benzene rings is 1. The van der Waals surface area contributed by atoms with E-state index in [1.807, 2.05) is 30.3 Å². The molecule has 0 heterocycles. The van der Waals surface area contributed by atoms with Crippen LogP contribution in [-0.2, 0) is 88.7 Å². The minimum Gasteiger partial charge on any atom is -0.270 e. The van der Waals surface area contributed by atoms with Crippen LogP contribution in [0.1, 0.15) is 453 Å². The predicted molar refractivity (Wildman–Crippen MR) is 632 cm³/mol. The molecule has 1 aromatic carbocycles. The van der Waals surface area contributed by atoms with Crippen molar-refractivity contribution in [1.29, 1.82) is 0 Å². The summed E-state index contributed by atoms with van der Waals surface area (Å²) in [6.45, 7) is 101. The Kier molecular flexibility index (Phi) is 69.3. The summed E-state index contributed by atoms with van der Waals surface area (Å²) < 4.78 is 215. The van der Waals surface area contributed by atoms with Crippen LogP contribution < -0.4 is 4.31 Å². The lowest BCUT2D eigenvalue weighted by atomic mass is 9.68. The molecule has 0 amide bonds. The number of anilines is 1. The van der Waals surface area contributed by atoms with E-state index in [0.717, 1.165) is 57.1 Å². The zero-order chi connectivity index (χ0) is 110. The van der Waals surface area contributed by atoms with Gasteiger partial charge >= 0.3 is 0 Å². The molecule has 19 nitrogen and oxygen atoms in total. The Labute approximate surface area is 889 Å². The molecule has 4 fully saturated rings. The van der Waals surface area contributed by atoms with E-state index in [1.54, 1.807) is 80.5 Å². The van der Waals surface area contributed by atoms with Crippen LogP contribution in [-0.4, -0.2) is 178 Å². The van der Waals surface area contributed by atoms with Gasteiger partial charge in [-0.25, -0.2) is 75.8 Å². The Morgan fingerprint density at radius 3 is 0.831 bits per heavy atom. The number of rotatable bonds is 36. The zero-order valence-corrected chi connectivity index (χ0v) is 105. The first-order valence-corrected chi connectivity index (χ1v) is 67.9. The van der Waals surface area contributed by atoms with Gasteiger partial charge in [0.25, 0.3) is 0 Å². The normalized spacial score (nSPS) is 17.0. The molecule has 0 aliphatic heterocycles. The van der Waals surface area contributed by atoms with Crippen molar-refractivity contribution in [2.75, 3.05) is 80.4 Å². The smallest absolute Gasteiger partial charge is 0.238 e. The maximum atomic E-state index is 12.9. The largest absolute Gasteiger partial charge is 0.270 e. The van der Waals surface area contributed by atoms with Crippen LogP contribution in [0.5, 0.6) is 0 Å². The second-order valence-corrected chi connectivity index (χ2v) is 76.2. The number of nitrogens with zero attached hydrogens (tertiary/aromatic N) is 1. The molecule has 4 aliphatic carbocycles. The van der Waals surface area contributed by atoms with Crippen molar-refractivity contribution in [3.63, 3.8) is 0 Å². The lowest BCUT2D eigenvalue weighted by Crippen LogP contribution is -2.42. The number of hydrogen-bond acceptors (Lipinski definition) is 18. The fourth-order valence-electron chi connectivity index (χ4n) is 17.5. The molecule has 0 aromatic heterocycles. The molecule has 4 aliphatic rings. The number of para-hydroxylation sites is 1. The summed E-state index contributed by atoms with van der Waals surface area (Å²) in [5.41, 5.74) is 1.57. The first-order valence-electron chi connectivity index (χ1n) is 52.1. The highest BCUT2D eigenvalue weighted by atomic mass is 32.2. The van der Waals surface area contributed by atoms with E-state index >= 15 is 0 Å². The fourth-order valence-corrected chi connectivity index (χ4v) is 33.7. The maximum Gasteiger partial charge on any atom is 0.238 e. The lowest BCUT2D eigenvalue weighted by Gasteiger charge is -2.40. The van der Waals surface area contributed by atoms with Crippen molar-refractivity contribution < 1.29 is 75.8 Å². The SMILES string of the molecule is C.C.C.C.C.CC(C)(C)[C@H](CN(c1ccccc1)S(=O)(=O)C1CC1)C1CC1.CC(C)(C)[C@H](CS(C)(=O)=O)C1CC1.CC(C)S(=O)(=O)CC(C(C)(C)C)C(C)(C)C.CC(C)[C@@H](CS(=O)(=O)C(C)C)C(C)(C)C.CCS(=O)(=O)C[C@H](C(C)C)C(C)(C)C.CC[C@@H](CS(=O)(=O)C(C)(C)C)C(C)(C)C.CC[C@@H](CS(=O)(=O)C(C)C)C(C)(C)C.CC[C@@H](CS(=O)(=O)CC)C(C)(C)C.CC[C@@H](CS(=O)(=O)CC1CC1)C(C)(C)C. The third-order valence-electron chi connectivity index (χ3n) is 28.7. The standard InChI is InChI=1S/C18H27NO2S.C13H28O2S.C12H24O2S.2C12H26O2S.2C11H24O2S.C10H20O2S.C10H22O2S.5CH4/c1-18(2,3)17(14-9-10-14)13-19(15-7-5-4-6-8-15)22(20,21)16-11-12-16;1-10(2)16(14,15)9-11(12(3,4)5)13(6,7)8;1-5-11(12(2,3)4)9-15(13,14)8-10-6-7-10;1-9(2)11(12(5,6)7)8-15(13,14)10(3)4;1-8-10(11(2,3)4)9-15(13,14)12(5,6)7;1-7-14(12,13)8-10(9(2)3)11(4,5)6;1-7-10(11(4,5)6)8-14(12,13)9(2)3;1-10(2,3)9(8-5-6-8)7-13(4,11)12;1-6-9(10(3,4)5)8-13(11,12)7-2;;;;;/h4-8,14,16-17H,9-13H2,1-3H3;10-11H,9H2,1-8H3;10-11H,5-9H2,1-4H3;9-11H,8H2,1-7H3;10H,8-9H2,1-7H3;2*9-10H,7-8H2,1-6H3;8-9H,5-7H2,1-4H3;9H,6-8H2,1-5H3;5*1H4/t17-;;2*11-;3*10-;2*9-;;;;;/m1.0101010...../s1. The van der Waals surface area contributed by atoms with Gasteiger partial charge in [-0.2, -0.15) is 0 Å². The van der Waals surface area contributed by atoms with Crippen molar-refractivity contribution in [2.24, 2.45) is 137 Å². The minimum atomic E-state index is -3.21. The lowest BCUT2D eigenvalue weighted by molar-refractivity contribution is 0.123. The molecular formula is C114H241NO18S9. The Hall–Kier alpha value is -1.43. The van der Waals surface area contributed by atoms with Crippen molar-refractivity contribution >= 4 is 94.4 Å². The molecule has 0 bridgehead atoms. The van der Waals surface area contributed by atoms with Gasteiger partial charge < -0.3 is 0 Å². The molecule has 0 saturated heterocycles. The van der Waals surface area contributed by atoms with E-state index in [1.165, 1.54) is 31.9 Å². The molecular weight excluding hydrogens is 1960 g/mol. The Morgan fingerprint density at radius 1 is 0.303 bits per heavy atom. The van der Waals surface area contributed by atoms with Gasteiger partial charge in [0.05, 0.1) is 83.2 Å². The second-order valence-electron chi connectivity index (χ2n) is 54.4. The minimum absolute atomic E-state index is 0. The van der Waals surface area contributed by atoms with Gasteiger partial charge in [0.2, 0.25) is 10.0 Å². The predicted octanol–water partition coefficient (Wildman–Crippen LogP) is 30.3. The zero-order valence-electron chi connectivity index (χ0n) is 97.7. The maximum absolute atomic E-state index is 12.9. The monoisotopic (exact) mass is 2200 g/mol. The summed E-state index contributed by atoms with van der Waals surface area (Å²) >= 11 is 0. The highest BCUT2D eigenvalue weighted by Crippen LogP contribution is 2.50. The van der Waals surface area contributed by atoms with Crippen molar-refractivity contribution in [3.8, 4) is 0 Å². The quantitative estimate of drug-likeness (QED) is 0.0602. The third-order valence-corrected chi connectivity index (χ3v) is 46.9. The van der Waals surface area contributed by atoms with E-state index in [2.05, 4.69) is 263 Å². The molecule has 0 spiro atoms. The van der Waals surface area contributed by atoms with Crippen molar-refractivity contribution in [2.45, 2.75) is 479 Å². The molecule has 0 N–H and O–H groups in total. The highest BCUT2D eigenvalue weighted by molar-refractivity contribution is 7.94. The average molecular weight is 2200 g/mol. The Balaban J connectivity index is -0.000000200. The molecule has 864 valence electrons. The second kappa shape index (κ2) is 62.2. The van der Waals surface area contributed by atoms with E-state index in [9.17, 15) is 75.8 Å². The first kappa shape index (κ1) is 158. The van der Waals surface area contributed by atoms with Crippen LogP contribution in [0.3, 0.4) is 0 Å². The molecule has 1 aromatic rings. The summed E-state index contributed by atoms with van der Waals surface area (Å²) in [7, 11) is -26.3. The number of sulfone groups is 8. The average Bonchev–Trinajstić information content (AvgIpc) is 1.61. The Bertz CT molecular complexity index is 4680. The molecule has 142 heavy (non-hydrogen) atoms. The van der Waals surface area contributed by atoms with Crippen LogP contribution in [0.2, 0.25) is 0 Å². The van der Waals surface area contributed by atoms with Gasteiger partial charge in [0.1, 0.15) is 29.5 Å². The summed E-state index contributed by atoms with van der Waals surface area (Å²) in [5, 5.41) is -0.952. The topological polar surface area (TPSA) is 310 Å². The summed E-state index contributed by atoms with van der Waals surface area (Å²) in [5.74, 6) is 8.69. The van der Waals surface area contributed by atoms with Crippen LogP contribution in [0.25, 0.3) is 0 Å². The van der Waals surface area contributed by atoms with Crippen molar-refractivity contribution in [1.82, 2.24) is 0 Å². The highest BCUT2D eigenvalue weighted by Gasteiger charge is 2.48. The van der Waals surface area contributed by atoms with Gasteiger partial charge in [-0.1, -0.05) is 358 Å². The summed E-state index contributed by atoms with van der Waals surface area (Å²) in [6, 6.07) is 9.63. The van der Waals surface area contributed by atoms with Crippen molar-refractivity contribution in [3.05, 3.63) is 30.3 Å². The van der Waals surface area contributed by atoms with E-state index in [4.69, 9.17) is 0 Å². The van der Waals surface area contributed by atoms with Gasteiger partial charge in [-0.15, -0.1) is 0 Å². The van der Waals surface area contributed by atoms with Gasteiger partial charge in [0, 0.05) is 24.3 Å². The van der Waals surface area contributed by atoms with Crippen LogP contribution >= 0.6 is 0 Å². The van der Waals surface area contributed by atoms with Gasteiger partial charge in [-0.05, 0) is 263 Å². The molecule has 4 saturated carbocycles. The van der Waals surface area contributed by atoms with Crippen LogP contribution in [0.4, 0.5) is 5.69 Å². The van der Waals surface area contributed by atoms with Crippen LogP contribution in [0.15, 0.2) is 30.3 Å². The molecule has 5 rings (SSSR count). The van der Waals surface area contributed by atoms with E-state index in [0.29, 0.717) is 99.9 Å². The molecule has 28 heteroatoms. The molecule has 0 unspecified atom stereocenters. The van der Waals surface area contributed by atoms with Crippen LogP contribution in [0, 0.1) is 137 Å². The third kappa shape index (κ3) is 65.2. The first-order chi connectivity index (χ1) is 60.4. The number of sulfonamides is 1. The Morgan fingerprint density at radius 2 is 0.585 bits per heavy atom. The van der Waals surface area contributed by atoms with E-state index < -0.39 is 93.5 Å². The molecule has 0 radical (unpaired) electrons. The summed E-state index contributed by atoms with van der Waals surface area (Å²) in [6.07, 6.45) is 13.9. The van der Waals surface area contributed by atoms with Gasteiger partial charge in [0.15, 0.2) is 49.2 Å². The van der Waals surface area contributed by atoms with E-state index in [-0.39, 0.29) is 165 Å². The van der Waals surface area contributed by atoms with Gasteiger partial charge in [-0.3, -0.25) is 4.31 Å². The fraction of sp³-hybridized carbons (Fsp3) is 0.947. The molecule has 8 atom stereocenters.